The maximum Gasteiger partial charge on any atom is 0.417 e. The van der Waals surface area contributed by atoms with Crippen LogP contribution in [0.5, 0.6) is 0 Å². The number of ether oxygens (including phenoxy) is 1. The van der Waals surface area contributed by atoms with Gasteiger partial charge < -0.3 is 9.84 Å². The van der Waals surface area contributed by atoms with Crippen LogP contribution in [-0.4, -0.2) is 45.4 Å². The first-order chi connectivity index (χ1) is 11.6. The number of likely N-dealkylation sites (tertiary alicyclic amines) is 1. The minimum Gasteiger partial charge on any atom is -0.480 e. The number of Topliss-reactive ketones (excluding diaryl/α,β-unsaturated/α-hetero) is 1. The van der Waals surface area contributed by atoms with Crippen molar-refractivity contribution in [2.45, 2.75) is 44.8 Å². The van der Waals surface area contributed by atoms with E-state index in [0.29, 0.717) is 16.0 Å². The maximum atomic E-state index is 12.9. The zero-order valence-corrected chi connectivity index (χ0v) is 14.2. The molecule has 2 aliphatic rings. The molecule has 0 bridgehead atoms. The summed E-state index contributed by atoms with van der Waals surface area (Å²) in [5, 5.41) is 9.61. The highest BCUT2D eigenvalue weighted by Gasteiger charge is 2.58. The van der Waals surface area contributed by atoms with Crippen molar-refractivity contribution in [1.82, 2.24) is 4.90 Å². The second-order valence-corrected chi connectivity index (χ2v) is 7.33. The van der Waals surface area contributed by atoms with E-state index >= 15 is 0 Å². The average molecular weight is 345 g/mol. The Morgan fingerprint density at radius 3 is 2.44 bits per heavy atom. The molecule has 0 radical (unpaired) electrons. The third kappa shape index (κ3) is 2.79. The van der Waals surface area contributed by atoms with Crippen LogP contribution in [-0.2, 0) is 14.3 Å². The molecule has 0 aromatic heterocycles. The lowest BCUT2D eigenvalue weighted by Crippen LogP contribution is -2.47. The topological polar surface area (TPSA) is 101 Å². The molecule has 7 heteroatoms. The first-order valence-corrected chi connectivity index (χ1v) is 8.03. The summed E-state index contributed by atoms with van der Waals surface area (Å²) in [5.74, 6) is -3.80. The number of nitrogens with zero attached hydrogens (tertiary/aromatic N) is 1. The van der Waals surface area contributed by atoms with Gasteiger partial charge in [0.2, 0.25) is 5.91 Å². The Balaban J connectivity index is 2.06. The Kier molecular flexibility index (Phi) is 3.89. The van der Waals surface area contributed by atoms with Crippen molar-refractivity contribution < 1.29 is 29.0 Å². The molecule has 1 saturated heterocycles. The van der Waals surface area contributed by atoms with Crippen LogP contribution in [0.2, 0.25) is 0 Å². The zero-order chi connectivity index (χ0) is 18.5. The number of carboxylic acids is 1. The lowest BCUT2D eigenvalue weighted by molar-refractivity contribution is -0.146. The van der Waals surface area contributed by atoms with Crippen LogP contribution in [0.3, 0.4) is 0 Å². The van der Waals surface area contributed by atoms with Crippen LogP contribution in [0.15, 0.2) is 24.3 Å². The summed E-state index contributed by atoms with van der Waals surface area (Å²) < 4.78 is 5.21. The first-order valence-electron chi connectivity index (χ1n) is 8.03. The number of carbonyl (C=O) groups excluding carboxylic acids is 3. The smallest absolute Gasteiger partial charge is 0.417 e. The first kappa shape index (κ1) is 17.1. The number of hydrogen-bond acceptors (Lipinski definition) is 5. The fraction of sp³-hybridized carbons (Fsp3) is 0.444. The van der Waals surface area contributed by atoms with Crippen LogP contribution in [0.25, 0.3) is 0 Å². The van der Waals surface area contributed by atoms with Crippen LogP contribution >= 0.6 is 0 Å². The third-order valence-corrected chi connectivity index (χ3v) is 4.48. The maximum absolute atomic E-state index is 12.9. The van der Waals surface area contributed by atoms with Gasteiger partial charge in [-0.25, -0.2) is 14.5 Å². The van der Waals surface area contributed by atoms with E-state index in [1.165, 1.54) is 0 Å². The second kappa shape index (κ2) is 5.68. The Labute approximate surface area is 144 Å². The summed E-state index contributed by atoms with van der Waals surface area (Å²) in [6.07, 6.45) is -1.09. The Morgan fingerprint density at radius 2 is 1.84 bits per heavy atom. The predicted octanol–water partition coefficient (Wildman–Crippen LogP) is 2.20. The molecule has 1 N–H and O–H groups in total. The fourth-order valence-corrected chi connectivity index (χ4v) is 3.59. The van der Waals surface area contributed by atoms with E-state index in [4.69, 9.17) is 4.74 Å². The van der Waals surface area contributed by atoms with Gasteiger partial charge in [-0.3, -0.25) is 9.59 Å². The molecule has 7 nitrogen and oxygen atoms in total. The van der Waals surface area contributed by atoms with E-state index in [9.17, 15) is 24.3 Å². The quantitative estimate of drug-likeness (QED) is 0.837. The van der Waals surface area contributed by atoms with Crippen molar-refractivity contribution in [3.63, 3.8) is 0 Å². The minimum absolute atomic E-state index is 0.0936. The van der Waals surface area contributed by atoms with Crippen molar-refractivity contribution in [1.29, 1.82) is 0 Å². The molecular formula is C18H19NO6. The van der Waals surface area contributed by atoms with E-state index in [1.54, 1.807) is 45.0 Å². The van der Waals surface area contributed by atoms with Crippen LogP contribution in [0.1, 0.15) is 49.0 Å². The summed E-state index contributed by atoms with van der Waals surface area (Å²) in [5.41, 5.74) is 0.0142. The van der Waals surface area contributed by atoms with E-state index < -0.39 is 41.4 Å². The van der Waals surface area contributed by atoms with Crippen molar-refractivity contribution in [2.24, 2.45) is 5.92 Å². The van der Waals surface area contributed by atoms with Gasteiger partial charge in [-0.15, -0.1) is 0 Å². The Morgan fingerprint density at radius 1 is 1.20 bits per heavy atom. The average Bonchev–Trinajstić information content (AvgIpc) is 2.79. The largest absolute Gasteiger partial charge is 0.480 e. The minimum atomic E-state index is -1.41. The van der Waals surface area contributed by atoms with E-state index in [2.05, 4.69) is 0 Å². The molecule has 0 spiro atoms. The van der Waals surface area contributed by atoms with E-state index in [1.807, 2.05) is 0 Å². The van der Waals surface area contributed by atoms with Gasteiger partial charge in [0.05, 0.1) is 5.92 Å². The van der Waals surface area contributed by atoms with Crippen molar-refractivity contribution >= 4 is 23.8 Å². The summed E-state index contributed by atoms with van der Waals surface area (Å²) in [4.78, 5) is 50.2. The van der Waals surface area contributed by atoms with Crippen LogP contribution in [0.4, 0.5) is 4.79 Å². The number of carbonyl (C=O) groups is 4. The molecule has 1 aromatic carbocycles. The van der Waals surface area contributed by atoms with Crippen molar-refractivity contribution in [3.8, 4) is 0 Å². The van der Waals surface area contributed by atoms with Gasteiger partial charge >= 0.3 is 12.1 Å². The number of aliphatic carboxylic acids is 1. The van der Waals surface area contributed by atoms with Gasteiger partial charge in [0.25, 0.3) is 0 Å². The third-order valence-electron chi connectivity index (χ3n) is 4.48. The number of hydrogen-bond donors (Lipinski definition) is 1. The fourth-order valence-electron chi connectivity index (χ4n) is 3.59. The van der Waals surface area contributed by atoms with Crippen LogP contribution < -0.4 is 0 Å². The lowest BCUT2D eigenvalue weighted by Gasteiger charge is -2.28. The number of benzene rings is 1. The van der Waals surface area contributed by atoms with Crippen molar-refractivity contribution in [2.75, 3.05) is 0 Å². The van der Waals surface area contributed by atoms with E-state index in [0.717, 1.165) is 0 Å². The van der Waals surface area contributed by atoms with Gasteiger partial charge in [-0.2, -0.15) is 0 Å². The van der Waals surface area contributed by atoms with Crippen LogP contribution in [0, 0.1) is 5.92 Å². The highest BCUT2D eigenvalue weighted by atomic mass is 16.6. The molecule has 25 heavy (non-hydrogen) atoms. The molecule has 1 aromatic rings. The summed E-state index contributed by atoms with van der Waals surface area (Å²) in [6, 6.07) is 5.22. The highest BCUT2D eigenvalue weighted by molar-refractivity contribution is 6.08. The molecule has 2 amide bonds. The molecule has 3 rings (SSSR count). The van der Waals surface area contributed by atoms with E-state index in [-0.39, 0.29) is 12.2 Å². The monoisotopic (exact) mass is 345 g/mol. The van der Waals surface area contributed by atoms with Gasteiger partial charge in [-0.1, -0.05) is 24.3 Å². The number of ketones is 1. The molecular weight excluding hydrogens is 326 g/mol. The van der Waals surface area contributed by atoms with Gasteiger partial charge in [0, 0.05) is 17.9 Å². The summed E-state index contributed by atoms with van der Waals surface area (Å²) in [7, 11) is 0. The van der Waals surface area contributed by atoms with Gasteiger partial charge in [0.1, 0.15) is 11.6 Å². The zero-order valence-electron chi connectivity index (χ0n) is 14.2. The Bertz CT molecular complexity index is 778. The molecule has 1 aliphatic heterocycles. The number of rotatable bonds is 1. The lowest BCUT2D eigenvalue weighted by atomic mass is 9.74. The number of fused-ring (bicyclic) bond motifs is 3. The second-order valence-electron chi connectivity index (χ2n) is 7.33. The number of amides is 2. The molecule has 3 atom stereocenters. The predicted molar refractivity (Wildman–Crippen MR) is 86.1 cm³/mol. The van der Waals surface area contributed by atoms with Gasteiger partial charge in [-0.05, 0) is 26.3 Å². The normalized spacial score (nSPS) is 25.4. The van der Waals surface area contributed by atoms with Crippen molar-refractivity contribution in [3.05, 3.63) is 35.4 Å². The molecule has 1 heterocycles. The highest BCUT2D eigenvalue weighted by Crippen LogP contribution is 2.46. The van der Waals surface area contributed by atoms with Gasteiger partial charge in [0.15, 0.2) is 5.78 Å². The SMILES string of the molecule is CC(C)(C)OC(=O)N1C(=O)[C@@H]2c3ccccc3C(=O)C[C@@H]2[C@H]1C(=O)O. The standard InChI is InChI=1S/C18H19NO6/c1-18(2,3)25-17(24)19-14(16(22)23)11-8-12(20)9-6-4-5-7-10(9)13(11)15(19)21/h4-7,11,13-14H,8H2,1-3H3,(H,22,23)/t11-,13+,14-/m0/s1. The molecule has 0 unspecified atom stereocenters. The Hall–Kier alpha value is -2.70. The molecule has 1 aliphatic carbocycles. The number of carboxylic acid groups (broad SMARTS) is 1. The summed E-state index contributed by atoms with van der Waals surface area (Å²) in [6.45, 7) is 4.90. The number of imide groups is 1. The summed E-state index contributed by atoms with van der Waals surface area (Å²) >= 11 is 0. The molecule has 1 fully saturated rings. The molecule has 0 saturated carbocycles. The molecule has 132 valence electrons.